The highest BCUT2D eigenvalue weighted by Crippen LogP contribution is 2.32. The highest BCUT2D eigenvalue weighted by atomic mass is 16.5. The third-order valence-electron chi connectivity index (χ3n) is 10.8. The molecule has 5 aromatic rings. The second kappa shape index (κ2) is 18.3. The van der Waals surface area contributed by atoms with E-state index >= 15 is 0 Å². The van der Waals surface area contributed by atoms with Gasteiger partial charge in [-0.1, -0.05) is 12.2 Å². The number of nitrogens with two attached hydrogens (primary N) is 1. The topological polar surface area (TPSA) is 217 Å². The molecule has 2 aliphatic rings. The van der Waals surface area contributed by atoms with Crippen LogP contribution < -0.4 is 26.4 Å². The van der Waals surface area contributed by atoms with Crippen LogP contribution in [-0.2, 0) is 43.9 Å². The summed E-state index contributed by atoms with van der Waals surface area (Å²) in [6.07, 6.45) is 5.21. The van der Waals surface area contributed by atoms with Crippen LogP contribution in [0.15, 0.2) is 36.4 Å². The van der Waals surface area contributed by atoms with Crippen molar-refractivity contribution in [3.63, 3.8) is 0 Å². The molecule has 0 aliphatic carbocycles. The summed E-state index contributed by atoms with van der Waals surface area (Å²) in [6.45, 7) is 16.6. The molecule has 4 aromatic heterocycles. The molecule has 7 rings (SSSR count). The van der Waals surface area contributed by atoms with E-state index in [0.29, 0.717) is 85.6 Å². The number of hydrogen-bond donors (Lipinski definition) is 4. The van der Waals surface area contributed by atoms with Crippen LogP contribution in [0.5, 0.6) is 5.75 Å². The van der Waals surface area contributed by atoms with Crippen molar-refractivity contribution >= 4 is 46.6 Å². The number of allylic oxidation sites excluding steroid dienone is 2. The van der Waals surface area contributed by atoms with Crippen molar-refractivity contribution in [2.24, 2.45) is 5.73 Å². The van der Waals surface area contributed by atoms with E-state index in [0.717, 1.165) is 56.2 Å². The van der Waals surface area contributed by atoms with Gasteiger partial charge in [0.1, 0.15) is 22.7 Å². The van der Waals surface area contributed by atoms with Gasteiger partial charge in [0.25, 0.3) is 11.8 Å². The van der Waals surface area contributed by atoms with Gasteiger partial charge in [-0.15, -0.1) is 0 Å². The van der Waals surface area contributed by atoms with E-state index in [9.17, 15) is 19.2 Å². The Bertz CT molecular complexity index is 2430. The minimum Gasteiger partial charge on any atom is -0.491 e. The SMILES string of the molecule is CCn1nc(C)cc1C(=O)Nc1nc2c(n1C/C=C/Cn1c(NC(=O)c3cc(C)nn3CC)nc3cc(C(N)=O)cc(OCCCN4CCNCC4)c31)CCN(C(C)=O)C2. The Labute approximate surface area is 347 Å². The number of nitrogens with zero attached hydrogens (tertiary/aromatic N) is 10. The molecule has 60 heavy (non-hydrogen) atoms. The summed E-state index contributed by atoms with van der Waals surface area (Å²) in [5, 5.41) is 18.2. The number of nitrogens with one attached hydrogen (secondary N) is 3. The molecule has 0 saturated carbocycles. The normalized spacial score (nSPS) is 14.5. The maximum Gasteiger partial charge on any atom is 0.276 e. The number of carbonyl (C=O) groups excluding carboxylic acids is 4. The molecule has 1 fully saturated rings. The van der Waals surface area contributed by atoms with Crippen LogP contribution >= 0.6 is 0 Å². The summed E-state index contributed by atoms with van der Waals surface area (Å²) in [5.41, 5.74) is 10.9. The minimum atomic E-state index is -0.628. The number of benzene rings is 1. The fraction of sp³-hybridized carbons (Fsp3) is 0.463. The molecule has 0 bridgehead atoms. The molecule has 0 radical (unpaired) electrons. The molecule has 0 atom stereocenters. The van der Waals surface area contributed by atoms with Crippen LogP contribution in [0.4, 0.5) is 11.9 Å². The van der Waals surface area contributed by atoms with Crippen molar-refractivity contribution in [1.29, 1.82) is 0 Å². The maximum atomic E-state index is 13.8. The lowest BCUT2D eigenvalue weighted by Gasteiger charge is -2.27. The molecule has 1 aromatic carbocycles. The first-order chi connectivity index (χ1) is 28.9. The van der Waals surface area contributed by atoms with Crippen molar-refractivity contribution in [3.05, 3.63) is 76.1 Å². The Morgan fingerprint density at radius 2 is 1.47 bits per heavy atom. The van der Waals surface area contributed by atoms with Gasteiger partial charge in [0.2, 0.25) is 23.7 Å². The van der Waals surface area contributed by atoms with Crippen LogP contribution in [0.3, 0.4) is 0 Å². The number of aryl methyl sites for hydroxylation is 4. The number of piperazine rings is 1. The summed E-state index contributed by atoms with van der Waals surface area (Å²) in [4.78, 5) is 65.9. The molecule has 1 saturated heterocycles. The first kappa shape index (κ1) is 41.8. The first-order valence-electron chi connectivity index (χ1n) is 20.5. The molecular weight excluding hydrogens is 769 g/mol. The van der Waals surface area contributed by atoms with Crippen LogP contribution in [-0.4, -0.2) is 118 Å². The summed E-state index contributed by atoms with van der Waals surface area (Å²) < 4.78 is 13.5. The van der Waals surface area contributed by atoms with Crippen molar-refractivity contribution in [1.82, 2.24) is 53.8 Å². The van der Waals surface area contributed by atoms with E-state index < -0.39 is 11.8 Å². The van der Waals surface area contributed by atoms with E-state index in [1.807, 2.05) is 49.0 Å². The molecule has 0 spiro atoms. The first-order valence-corrected chi connectivity index (χ1v) is 20.5. The summed E-state index contributed by atoms with van der Waals surface area (Å²) in [7, 11) is 0. The monoisotopic (exact) mass is 822 g/mol. The summed E-state index contributed by atoms with van der Waals surface area (Å²) in [5.74, 6) is -0.377. The van der Waals surface area contributed by atoms with Gasteiger partial charge < -0.3 is 34.7 Å². The van der Waals surface area contributed by atoms with Crippen molar-refractivity contribution in [3.8, 4) is 5.75 Å². The molecule has 19 nitrogen and oxygen atoms in total. The number of carbonyl (C=O) groups is 4. The molecule has 6 heterocycles. The molecule has 5 N–H and O–H groups in total. The standard InChI is InChI=1S/C41H54N14O5/c1-6-54-33(21-26(3)48-54)38(58)46-40-45-31-25-51(28(5)56)17-11-32(31)52(40)15-8-9-16-53-36-30(44-41(53)47-39(59)34-22-27(4)49-55(34)7-2)23-29(37(42)57)24-35(36)60-20-10-14-50-18-12-43-13-19-50/h8-9,21-24,43H,6-7,10-20,25H2,1-5H3,(H2,42,57)(H,44,47,59)(H,45,46,58)/b9-8+. The zero-order valence-corrected chi connectivity index (χ0v) is 35.0. The van der Waals surface area contributed by atoms with E-state index in [1.165, 1.54) is 6.92 Å². The van der Waals surface area contributed by atoms with Crippen LogP contribution in [0.25, 0.3) is 11.0 Å². The Morgan fingerprint density at radius 3 is 2.07 bits per heavy atom. The van der Waals surface area contributed by atoms with E-state index in [1.54, 1.807) is 38.5 Å². The van der Waals surface area contributed by atoms with Gasteiger partial charge in [0.15, 0.2) is 0 Å². The molecule has 4 amide bonds. The fourth-order valence-corrected chi connectivity index (χ4v) is 7.79. The third kappa shape index (κ3) is 9.11. The minimum absolute atomic E-state index is 0.0430. The lowest BCUT2D eigenvalue weighted by molar-refractivity contribution is -0.129. The number of ether oxygens (including phenoxy) is 1. The lowest BCUT2D eigenvalue weighted by Crippen LogP contribution is -2.43. The van der Waals surface area contributed by atoms with E-state index in [-0.39, 0.29) is 29.9 Å². The van der Waals surface area contributed by atoms with Crippen LogP contribution in [0, 0.1) is 13.8 Å². The Morgan fingerprint density at radius 1 is 0.850 bits per heavy atom. The molecule has 19 heteroatoms. The number of anilines is 2. The van der Waals surface area contributed by atoms with E-state index in [2.05, 4.69) is 31.0 Å². The average molecular weight is 823 g/mol. The lowest BCUT2D eigenvalue weighted by atomic mass is 10.1. The Hall–Kier alpha value is -6.34. The maximum absolute atomic E-state index is 13.8. The second-order valence-electron chi connectivity index (χ2n) is 15.0. The summed E-state index contributed by atoms with van der Waals surface area (Å²) in [6, 6.07) is 6.69. The van der Waals surface area contributed by atoms with Gasteiger partial charge >= 0.3 is 0 Å². The van der Waals surface area contributed by atoms with Gasteiger partial charge in [0.05, 0.1) is 35.8 Å². The highest BCUT2D eigenvalue weighted by Gasteiger charge is 2.27. The Kier molecular flexibility index (Phi) is 12.7. The smallest absolute Gasteiger partial charge is 0.276 e. The van der Waals surface area contributed by atoms with Gasteiger partial charge in [0, 0.05) is 90.0 Å². The summed E-state index contributed by atoms with van der Waals surface area (Å²) >= 11 is 0. The number of primary amides is 1. The number of fused-ring (bicyclic) bond motifs is 2. The number of hydrogen-bond acceptors (Lipinski definition) is 11. The van der Waals surface area contributed by atoms with Gasteiger partial charge in [-0.2, -0.15) is 10.2 Å². The number of imidazole rings is 2. The number of amides is 4. The quantitative estimate of drug-likeness (QED) is 0.0838. The van der Waals surface area contributed by atoms with Crippen LogP contribution in [0.2, 0.25) is 0 Å². The Balaban J connectivity index is 1.20. The van der Waals surface area contributed by atoms with Crippen molar-refractivity contribution in [2.45, 2.75) is 80.2 Å². The van der Waals surface area contributed by atoms with Gasteiger partial charge in [-0.25, -0.2) is 9.97 Å². The zero-order chi connectivity index (χ0) is 42.5. The van der Waals surface area contributed by atoms with Crippen molar-refractivity contribution < 1.29 is 23.9 Å². The fourth-order valence-electron chi connectivity index (χ4n) is 7.79. The molecular formula is C41H54N14O5. The predicted octanol–water partition coefficient (Wildman–Crippen LogP) is 2.72. The van der Waals surface area contributed by atoms with Gasteiger partial charge in [-0.3, -0.25) is 39.2 Å². The third-order valence-corrected chi connectivity index (χ3v) is 10.8. The zero-order valence-electron chi connectivity index (χ0n) is 35.0. The van der Waals surface area contributed by atoms with Crippen molar-refractivity contribution in [2.75, 3.05) is 56.5 Å². The largest absolute Gasteiger partial charge is 0.491 e. The van der Waals surface area contributed by atoms with E-state index in [4.69, 9.17) is 20.4 Å². The molecule has 318 valence electrons. The molecule has 2 aliphatic heterocycles. The van der Waals surface area contributed by atoms with Crippen LogP contribution in [0.1, 0.15) is 81.3 Å². The predicted molar refractivity (Wildman–Crippen MR) is 225 cm³/mol. The second-order valence-corrected chi connectivity index (χ2v) is 15.0. The number of rotatable bonds is 16. The average Bonchev–Trinajstić information content (AvgIpc) is 4.00. The molecule has 0 unspecified atom stereocenters. The highest BCUT2D eigenvalue weighted by molar-refractivity contribution is 6.04. The number of aromatic nitrogens is 8. The van der Waals surface area contributed by atoms with Gasteiger partial charge in [-0.05, 0) is 58.4 Å².